The number of nitrogens with zero attached hydrogens (tertiary/aromatic N) is 2. The van der Waals surface area contributed by atoms with Crippen molar-refractivity contribution in [1.82, 2.24) is 9.47 Å². The summed E-state index contributed by atoms with van der Waals surface area (Å²) in [5, 5.41) is 0.927. The highest BCUT2D eigenvalue weighted by atomic mass is 16.2. The Bertz CT molecular complexity index is 987. The van der Waals surface area contributed by atoms with Gasteiger partial charge in [0.15, 0.2) is 5.78 Å². The first-order valence-corrected chi connectivity index (χ1v) is 9.13. The van der Waals surface area contributed by atoms with Crippen LogP contribution in [0.3, 0.4) is 0 Å². The van der Waals surface area contributed by atoms with E-state index in [9.17, 15) is 9.59 Å². The van der Waals surface area contributed by atoms with Crippen molar-refractivity contribution in [3.8, 4) is 0 Å². The molecule has 1 aromatic heterocycles. The van der Waals surface area contributed by atoms with Gasteiger partial charge < -0.3 is 9.47 Å². The molecule has 132 valence electrons. The Labute approximate surface area is 153 Å². The monoisotopic (exact) mass is 346 g/mol. The highest BCUT2D eigenvalue weighted by Gasteiger charge is 2.22. The van der Waals surface area contributed by atoms with Gasteiger partial charge in [0.05, 0.1) is 0 Å². The minimum Gasteiger partial charge on any atom is -0.337 e. The molecule has 4 rings (SSSR count). The van der Waals surface area contributed by atoms with Crippen molar-refractivity contribution in [2.75, 3.05) is 6.54 Å². The molecule has 2 heterocycles. The molecule has 0 atom stereocenters. The molecule has 1 aliphatic rings. The number of para-hydroxylation sites is 1. The number of benzene rings is 2. The molecule has 0 aliphatic carbocycles. The van der Waals surface area contributed by atoms with Gasteiger partial charge in [-0.15, -0.1) is 0 Å². The Kier molecular flexibility index (Phi) is 4.33. The second-order valence-electron chi connectivity index (χ2n) is 6.80. The fourth-order valence-corrected chi connectivity index (χ4v) is 3.74. The highest BCUT2D eigenvalue weighted by molar-refractivity contribution is 6.08. The van der Waals surface area contributed by atoms with E-state index in [1.54, 1.807) is 0 Å². The van der Waals surface area contributed by atoms with Crippen LogP contribution in [0, 0.1) is 0 Å². The molecule has 4 heteroatoms. The summed E-state index contributed by atoms with van der Waals surface area (Å²) < 4.78 is 1.92. The van der Waals surface area contributed by atoms with Crippen molar-refractivity contribution in [3.63, 3.8) is 0 Å². The van der Waals surface area contributed by atoms with Gasteiger partial charge in [-0.2, -0.15) is 0 Å². The van der Waals surface area contributed by atoms with Crippen molar-refractivity contribution in [2.24, 2.45) is 0 Å². The van der Waals surface area contributed by atoms with Gasteiger partial charge in [0, 0.05) is 42.2 Å². The summed E-state index contributed by atoms with van der Waals surface area (Å²) in [6, 6.07) is 16.1. The molecule has 0 radical (unpaired) electrons. The summed E-state index contributed by atoms with van der Waals surface area (Å²) in [4.78, 5) is 27.1. The molecule has 2 aromatic carbocycles. The SMILES string of the molecule is CCC(=O)c1cn(CC(=O)N2CCc3ccccc3C2)c2ccccc12. The molecule has 1 aliphatic heterocycles. The van der Waals surface area contributed by atoms with E-state index in [1.807, 2.05) is 52.9 Å². The van der Waals surface area contributed by atoms with Crippen molar-refractivity contribution in [3.05, 3.63) is 71.4 Å². The van der Waals surface area contributed by atoms with Gasteiger partial charge in [0.25, 0.3) is 0 Å². The van der Waals surface area contributed by atoms with Crippen molar-refractivity contribution >= 4 is 22.6 Å². The number of amides is 1. The zero-order chi connectivity index (χ0) is 18.1. The van der Waals surface area contributed by atoms with E-state index in [0.29, 0.717) is 18.5 Å². The van der Waals surface area contributed by atoms with Crippen molar-refractivity contribution < 1.29 is 9.59 Å². The molecule has 3 aromatic rings. The van der Waals surface area contributed by atoms with Crippen LogP contribution in [0.4, 0.5) is 0 Å². The van der Waals surface area contributed by atoms with E-state index >= 15 is 0 Å². The summed E-state index contributed by atoms with van der Waals surface area (Å²) in [5.41, 5.74) is 4.21. The van der Waals surface area contributed by atoms with E-state index in [1.165, 1.54) is 11.1 Å². The molecular weight excluding hydrogens is 324 g/mol. The normalized spacial score (nSPS) is 13.7. The van der Waals surface area contributed by atoms with Gasteiger partial charge in [0.1, 0.15) is 6.54 Å². The zero-order valence-electron chi connectivity index (χ0n) is 14.9. The van der Waals surface area contributed by atoms with Crippen LogP contribution in [0.1, 0.15) is 34.8 Å². The van der Waals surface area contributed by atoms with Crippen LogP contribution in [-0.4, -0.2) is 27.7 Å². The smallest absolute Gasteiger partial charge is 0.242 e. The van der Waals surface area contributed by atoms with Gasteiger partial charge in [-0.05, 0) is 23.6 Å². The van der Waals surface area contributed by atoms with Crippen molar-refractivity contribution in [2.45, 2.75) is 32.9 Å². The standard InChI is InChI=1S/C22H22N2O2/c1-2-21(25)19-14-24(20-10-6-5-9-18(19)20)15-22(26)23-12-11-16-7-3-4-8-17(16)13-23/h3-10,14H,2,11-13,15H2,1H3. The summed E-state index contributed by atoms with van der Waals surface area (Å²) >= 11 is 0. The number of aromatic nitrogens is 1. The Morgan fingerprint density at radius 1 is 1.00 bits per heavy atom. The molecule has 0 bridgehead atoms. The van der Waals surface area contributed by atoms with Gasteiger partial charge in [-0.3, -0.25) is 9.59 Å². The van der Waals surface area contributed by atoms with E-state index in [4.69, 9.17) is 0 Å². The lowest BCUT2D eigenvalue weighted by molar-refractivity contribution is -0.132. The summed E-state index contributed by atoms with van der Waals surface area (Å²) in [7, 11) is 0. The minimum absolute atomic E-state index is 0.0933. The third kappa shape index (κ3) is 2.92. The van der Waals surface area contributed by atoms with Gasteiger partial charge in [-0.25, -0.2) is 0 Å². The third-order valence-electron chi connectivity index (χ3n) is 5.20. The van der Waals surface area contributed by atoms with Crippen LogP contribution in [0.5, 0.6) is 0 Å². The minimum atomic E-state index is 0.0933. The van der Waals surface area contributed by atoms with Crippen LogP contribution in [0.2, 0.25) is 0 Å². The molecular formula is C22H22N2O2. The number of ketones is 1. The summed E-state index contributed by atoms with van der Waals surface area (Å²) in [5.74, 6) is 0.204. The molecule has 26 heavy (non-hydrogen) atoms. The van der Waals surface area contributed by atoms with E-state index in [2.05, 4.69) is 18.2 Å². The molecule has 0 unspecified atom stereocenters. The Morgan fingerprint density at radius 3 is 2.54 bits per heavy atom. The number of Topliss-reactive ketones (excluding diaryl/α,β-unsaturated/α-hetero) is 1. The number of carbonyl (C=O) groups is 2. The highest BCUT2D eigenvalue weighted by Crippen LogP contribution is 2.24. The van der Waals surface area contributed by atoms with Crippen molar-refractivity contribution in [1.29, 1.82) is 0 Å². The molecule has 1 amide bonds. The predicted octanol–water partition coefficient (Wildman–Crippen LogP) is 3.82. The predicted molar refractivity (Wildman–Crippen MR) is 102 cm³/mol. The lowest BCUT2D eigenvalue weighted by Crippen LogP contribution is -2.37. The maximum atomic E-state index is 12.9. The van der Waals surface area contributed by atoms with Crippen LogP contribution in [0.25, 0.3) is 10.9 Å². The maximum Gasteiger partial charge on any atom is 0.242 e. The fraction of sp³-hybridized carbons (Fsp3) is 0.273. The molecule has 4 nitrogen and oxygen atoms in total. The Balaban J connectivity index is 1.60. The Morgan fingerprint density at radius 2 is 1.73 bits per heavy atom. The van der Waals surface area contributed by atoms with E-state index in [0.717, 1.165) is 23.9 Å². The largest absolute Gasteiger partial charge is 0.337 e. The van der Waals surface area contributed by atoms with Crippen LogP contribution < -0.4 is 0 Å². The fourth-order valence-electron chi connectivity index (χ4n) is 3.74. The first-order chi connectivity index (χ1) is 12.7. The number of fused-ring (bicyclic) bond motifs is 2. The maximum absolute atomic E-state index is 12.9. The number of hydrogen-bond donors (Lipinski definition) is 0. The molecule has 0 saturated heterocycles. The van der Waals surface area contributed by atoms with Gasteiger partial charge in [0.2, 0.25) is 5.91 Å². The quantitative estimate of drug-likeness (QED) is 0.674. The summed E-state index contributed by atoms with van der Waals surface area (Å²) in [6.07, 6.45) is 3.20. The number of rotatable bonds is 4. The lowest BCUT2D eigenvalue weighted by Gasteiger charge is -2.29. The molecule has 0 spiro atoms. The van der Waals surface area contributed by atoms with Gasteiger partial charge in [-0.1, -0.05) is 49.4 Å². The van der Waals surface area contributed by atoms with Gasteiger partial charge >= 0.3 is 0 Å². The summed E-state index contributed by atoms with van der Waals surface area (Å²) in [6.45, 7) is 3.54. The molecule has 0 saturated carbocycles. The number of hydrogen-bond acceptors (Lipinski definition) is 2. The second kappa shape index (κ2) is 6.79. The topological polar surface area (TPSA) is 42.3 Å². The van der Waals surface area contributed by atoms with Crippen LogP contribution in [0.15, 0.2) is 54.7 Å². The third-order valence-corrected chi connectivity index (χ3v) is 5.20. The lowest BCUT2D eigenvalue weighted by atomic mass is 10.00. The first kappa shape index (κ1) is 16.6. The van der Waals surface area contributed by atoms with Crippen LogP contribution in [-0.2, 0) is 24.3 Å². The van der Waals surface area contributed by atoms with Crippen LogP contribution >= 0.6 is 0 Å². The second-order valence-corrected chi connectivity index (χ2v) is 6.80. The molecule has 0 fully saturated rings. The average molecular weight is 346 g/mol. The number of carbonyl (C=O) groups excluding carboxylic acids is 2. The zero-order valence-corrected chi connectivity index (χ0v) is 14.9. The first-order valence-electron chi connectivity index (χ1n) is 9.13. The average Bonchev–Trinajstić information content (AvgIpc) is 3.05. The molecule has 0 N–H and O–H groups in total. The Hall–Kier alpha value is -2.88. The van der Waals surface area contributed by atoms with E-state index in [-0.39, 0.29) is 18.2 Å². The van der Waals surface area contributed by atoms with E-state index < -0.39 is 0 Å².